The summed E-state index contributed by atoms with van der Waals surface area (Å²) in [6.07, 6.45) is 2.37. The maximum Gasteiger partial charge on any atom is 0.404 e. The maximum absolute atomic E-state index is 10.9. The van der Waals surface area contributed by atoms with Gasteiger partial charge in [0.2, 0.25) is 5.91 Å². The number of anilines is 2. The first-order chi connectivity index (χ1) is 9.00. The highest BCUT2D eigenvalue weighted by atomic mass is 16.4. The first-order valence-corrected chi connectivity index (χ1v) is 5.55. The molecule has 0 aliphatic rings. The molecule has 7 nitrogen and oxygen atoms in total. The van der Waals surface area contributed by atoms with Crippen LogP contribution in [-0.4, -0.2) is 30.2 Å². The van der Waals surface area contributed by atoms with Crippen molar-refractivity contribution in [3.63, 3.8) is 0 Å². The van der Waals surface area contributed by atoms with E-state index in [1.54, 1.807) is 24.3 Å². The van der Waals surface area contributed by atoms with Gasteiger partial charge in [0.1, 0.15) is 0 Å². The zero-order valence-corrected chi connectivity index (χ0v) is 10.2. The van der Waals surface area contributed by atoms with E-state index in [4.69, 9.17) is 16.6 Å². The lowest BCUT2D eigenvalue weighted by Gasteiger charge is -2.08. The number of carbonyl (C=O) groups is 2. The summed E-state index contributed by atoms with van der Waals surface area (Å²) in [5.74, 6) is -0.530. The van der Waals surface area contributed by atoms with Crippen molar-refractivity contribution in [2.24, 2.45) is 5.73 Å². The highest BCUT2D eigenvalue weighted by Gasteiger charge is 2.03. The van der Waals surface area contributed by atoms with Crippen LogP contribution in [0.1, 0.15) is 10.4 Å². The molecule has 0 atom stereocenters. The zero-order chi connectivity index (χ0) is 14.3. The van der Waals surface area contributed by atoms with Gasteiger partial charge in [0.05, 0.1) is 11.4 Å². The van der Waals surface area contributed by atoms with Crippen molar-refractivity contribution in [2.75, 3.05) is 24.1 Å². The average molecular weight is 264 g/mol. The van der Waals surface area contributed by atoms with Gasteiger partial charge in [0.25, 0.3) is 0 Å². The molecule has 0 aliphatic carbocycles. The summed E-state index contributed by atoms with van der Waals surface area (Å²) in [6, 6.07) is 4.75. The van der Waals surface area contributed by atoms with Gasteiger partial charge >= 0.3 is 6.09 Å². The van der Waals surface area contributed by atoms with E-state index < -0.39 is 12.0 Å². The Morgan fingerprint density at radius 3 is 2.53 bits per heavy atom. The molecule has 2 amide bonds. The molecule has 0 aromatic heterocycles. The number of rotatable bonds is 6. The number of nitrogens with one attached hydrogen (secondary N) is 2. The van der Waals surface area contributed by atoms with Crippen LogP contribution in [0.25, 0.3) is 0 Å². The molecule has 0 heterocycles. The third kappa shape index (κ3) is 4.99. The van der Waals surface area contributed by atoms with E-state index >= 15 is 0 Å². The van der Waals surface area contributed by atoms with Gasteiger partial charge in [-0.2, -0.15) is 0 Å². The van der Waals surface area contributed by atoms with E-state index in [-0.39, 0.29) is 6.54 Å². The summed E-state index contributed by atoms with van der Waals surface area (Å²) in [5.41, 5.74) is 12.3. The lowest BCUT2D eigenvalue weighted by molar-refractivity contribution is 0.100. The predicted molar refractivity (Wildman–Crippen MR) is 73.0 cm³/mol. The van der Waals surface area contributed by atoms with Gasteiger partial charge in [-0.15, -0.1) is 0 Å². The molecule has 7 N–H and O–H groups in total. The molecular formula is C12H16N4O3. The lowest BCUT2D eigenvalue weighted by Crippen LogP contribution is -2.20. The summed E-state index contributed by atoms with van der Waals surface area (Å²) in [4.78, 5) is 21.1. The molecule has 102 valence electrons. The normalized spacial score (nSPS) is 10.3. The van der Waals surface area contributed by atoms with Crippen molar-refractivity contribution in [1.82, 2.24) is 5.32 Å². The number of hydrogen-bond donors (Lipinski definition) is 5. The van der Waals surface area contributed by atoms with Crippen molar-refractivity contribution >= 4 is 23.4 Å². The van der Waals surface area contributed by atoms with Gasteiger partial charge in [-0.05, 0) is 18.2 Å². The fourth-order valence-corrected chi connectivity index (χ4v) is 1.36. The minimum Gasteiger partial charge on any atom is -0.465 e. The third-order valence-electron chi connectivity index (χ3n) is 2.28. The lowest BCUT2D eigenvalue weighted by atomic mass is 10.1. The molecule has 7 heteroatoms. The largest absolute Gasteiger partial charge is 0.465 e. The molecular weight excluding hydrogens is 248 g/mol. The second-order valence-electron chi connectivity index (χ2n) is 3.70. The van der Waals surface area contributed by atoms with E-state index in [0.29, 0.717) is 23.5 Å². The fraction of sp³-hybridized carbons (Fsp3) is 0.167. The average Bonchev–Trinajstić information content (AvgIpc) is 2.34. The fourth-order valence-electron chi connectivity index (χ4n) is 1.36. The first-order valence-electron chi connectivity index (χ1n) is 5.55. The number of hydrogen-bond acceptors (Lipinski definition) is 4. The summed E-state index contributed by atoms with van der Waals surface area (Å²) in [6.45, 7) is 0.731. The van der Waals surface area contributed by atoms with E-state index in [1.165, 1.54) is 6.07 Å². The van der Waals surface area contributed by atoms with Crippen LogP contribution >= 0.6 is 0 Å². The number of benzene rings is 1. The highest BCUT2D eigenvalue weighted by molar-refractivity contribution is 5.94. The van der Waals surface area contributed by atoms with Gasteiger partial charge in [-0.3, -0.25) is 4.79 Å². The molecule has 0 radical (unpaired) electrons. The Morgan fingerprint density at radius 1 is 1.26 bits per heavy atom. The third-order valence-corrected chi connectivity index (χ3v) is 2.28. The van der Waals surface area contributed by atoms with Gasteiger partial charge in [-0.1, -0.05) is 12.2 Å². The van der Waals surface area contributed by atoms with Crippen LogP contribution in [0.2, 0.25) is 0 Å². The standard InChI is InChI=1S/C12H16N4O3/c13-9-7-8(11(14)17)3-4-10(9)15-5-1-2-6-16-12(18)19/h1-4,7,15-16H,5-6,13H2,(H2,14,17)(H,18,19)/b2-1+. The van der Waals surface area contributed by atoms with E-state index in [2.05, 4.69) is 10.6 Å². The monoisotopic (exact) mass is 264 g/mol. The van der Waals surface area contributed by atoms with Crippen LogP contribution in [-0.2, 0) is 0 Å². The Labute approximate surface area is 110 Å². The molecule has 1 aromatic rings. The molecule has 1 rings (SSSR count). The van der Waals surface area contributed by atoms with Crippen molar-refractivity contribution in [2.45, 2.75) is 0 Å². The Kier molecular flexibility index (Phi) is 5.21. The Morgan fingerprint density at radius 2 is 1.95 bits per heavy atom. The smallest absolute Gasteiger partial charge is 0.404 e. The topological polar surface area (TPSA) is 130 Å². The molecule has 19 heavy (non-hydrogen) atoms. The summed E-state index contributed by atoms with van der Waals surface area (Å²) < 4.78 is 0. The maximum atomic E-state index is 10.9. The Balaban J connectivity index is 2.45. The molecule has 0 saturated carbocycles. The number of carbonyl (C=O) groups excluding carboxylic acids is 1. The van der Waals surface area contributed by atoms with Crippen LogP contribution in [0.4, 0.5) is 16.2 Å². The molecule has 0 fully saturated rings. The molecule has 0 bridgehead atoms. The zero-order valence-electron chi connectivity index (χ0n) is 10.2. The molecule has 1 aromatic carbocycles. The minimum absolute atomic E-state index is 0.243. The van der Waals surface area contributed by atoms with Gasteiger partial charge in [0, 0.05) is 18.7 Å². The Bertz CT molecular complexity index is 500. The number of nitrogen functional groups attached to an aromatic ring is 1. The van der Waals surface area contributed by atoms with Crippen molar-refractivity contribution in [1.29, 1.82) is 0 Å². The molecule has 0 unspecified atom stereocenters. The molecule has 0 saturated heterocycles. The van der Waals surface area contributed by atoms with Gasteiger partial charge in [-0.25, -0.2) is 4.79 Å². The summed E-state index contributed by atoms with van der Waals surface area (Å²) >= 11 is 0. The van der Waals surface area contributed by atoms with E-state index in [0.717, 1.165) is 0 Å². The number of amides is 2. The van der Waals surface area contributed by atoms with E-state index in [9.17, 15) is 9.59 Å². The molecule has 0 spiro atoms. The number of primary amides is 1. The van der Waals surface area contributed by atoms with Crippen molar-refractivity contribution in [3.05, 3.63) is 35.9 Å². The van der Waals surface area contributed by atoms with Gasteiger partial charge in [0.15, 0.2) is 0 Å². The minimum atomic E-state index is -1.07. The number of nitrogens with two attached hydrogens (primary N) is 2. The van der Waals surface area contributed by atoms with Crippen molar-refractivity contribution in [3.8, 4) is 0 Å². The van der Waals surface area contributed by atoms with Crippen molar-refractivity contribution < 1.29 is 14.7 Å². The second kappa shape index (κ2) is 6.90. The highest BCUT2D eigenvalue weighted by Crippen LogP contribution is 2.19. The summed E-state index contributed by atoms with van der Waals surface area (Å²) in [7, 11) is 0. The van der Waals surface area contributed by atoms with Crippen LogP contribution in [0.15, 0.2) is 30.4 Å². The van der Waals surface area contributed by atoms with Crippen LogP contribution in [0, 0.1) is 0 Å². The van der Waals surface area contributed by atoms with Crippen LogP contribution < -0.4 is 22.1 Å². The summed E-state index contributed by atoms with van der Waals surface area (Å²) in [5, 5.41) is 13.6. The Hall–Kier alpha value is -2.70. The number of carboxylic acid groups (broad SMARTS) is 1. The van der Waals surface area contributed by atoms with Crippen LogP contribution in [0.5, 0.6) is 0 Å². The van der Waals surface area contributed by atoms with Gasteiger partial charge < -0.3 is 27.2 Å². The van der Waals surface area contributed by atoms with Crippen LogP contribution in [0.3, 0.4) is 0 Å². The SMILES string of the molecule is NC(=O)c1ccc(NC/C=C/CNC(=O)O)c(N)c1. The van der Waals surface area contributed by atoms with E-state index in [1.807, 2.05) is 0 Å². The second-order valence-corrected chi connectivity index (χ2v) is 3.70. The quantitative estimate of drug-likeness (QED) is 0.379. The predicted octanol–water partition coefficient (Wildman–Crippen LogP) is 0.603. The molecule has 0 aliphatic heterocycles. The first kappa shape index (κ1) is 14.4.